The highest BCUT2D eigenvalue weighted by molar-refractivity contribution is 5.74. The van der Waals surface area contributed by atoms with Crippen molar-refractivity contribution in [1.82, 2.24) is 0 Å². The van der Waals surface area contributed by atoms with E-state index in [2.05, 4.69) is 50.8 Å². The highest BCUT2D eigenvalue weighted by atomic mass is 16.5. The first-order valence-corrected chi connectivity index (χ1v) is 8.99. The summed E-state index contributed by atoms with van der Waals surface area (Å²) in [7, 11) is 1.45. The molecule has 4 heteroatoms. The Morgan fingerprint density at radius 1 is 1.21 bits per heavy atom. The van der Waals surface area contributed by atoms with E-state index in [1.165, 1.54) is 12.7 Å². The minimum absolute atomic E-state index is 0.0549. The van der Waals surface area contributed by atoms with Crippen LogP contribution in [0.2, 0.25) is 0 Å². The molecule has 0 saturated heterocycles. The third-order valence-corrected chi connectivity index (χ3v) is 4.72. The first kappa shape index (κ1) is 18.6. The van der Waals surface area contributed by atoms with Gasteiger partial charge in [0.25, 0.3) is 0 Å². The fraction of sp³-hybridized carbons (Fsp3) is 0.650. The minimum Gasteiger partial charge on any atom is -0.469 e. The summed E-state index contributed by atoms with van der Waals surface area (Å²) in [6, 6.07) is 6.35. The lowest BCUT2D eigenvalue weighted by atomic mass is 9.91. The average Bonchev–Trinajstić information content (AvgIpc) is 3.26. The van der Waals surface area contributed by atoms with Crippen LogP contribution in [0.15, 0.2) is 18.2 Å². The van der Waals surface area contributed by atoms with E-state index in [0.717, 1.165) is 37.3 Å². The molecule has 0 heterocycles. The predicted octanol–water partition coefficient (Wildman–Crippen LogP) is 3.98. The van der Waals surface area contributed by atoms with Crippen LogP contribution in [0.1, 0.15) is 52.5 Å². The van der Waals surface area contributed by atoms with E-state index < -0.39 is 0 Å². The number of carbonyl (C=O) groups excluding carboxylic acids is 1. The number of methoxy groups -OCH3 is 1. The molecule has 0 unspecified atom stereocenters. The maximum absolute atomic E-state index is 11.7. The largest absolute Gasteiger partial charge is 0.469 e. The van der Waals surface area contributed by atoms with Crippen LogP contribution in [-0.4, -0.2) is 26.2 Å². The van der Waals surface area contributed by atoms with Crippen LogP contribution in [0.4, 0.5) is 11.4 Å². The summed E-state index contributed by atoms with van der Waals surface area (Å²) < 4.78 is 4.85. The molecule has 4 nitrogen and oxygen atoms in total. The van der Waals surface area contributed by atoms with E-state index in [-0.39, 0.29) is 11.4 Å². The number of nitrogen functional groups attached to an aromatic ring is 1. The number of hydrogen-bond acceptors (Lipinski definition) is 4. The summed E-state index contributed by atoms with van der Waals surface area (Å²) in [5.41, 5.74) is 9.44. The van der Waals surface area contributed by atoms with Gasteiger partial charge in [0.05, 0.1) is 24.9 Å². The molecule has 0 radical (unpaired) electrons. The van der Waals surface area contributed by atoms with Crippen LogP contribution in [-0.2, 0) is 14.9 Å². The zero-order valence-electron chi connectivity index (χ0n) is 15.8. The Balaban J connectivity index is 2.23. The van der Waals surface area contributed by atoms with Gasteiger partial charge in [-0.15, -0.1) is 0 Å². The fourth-order valence-electron chi connectivity index (χ4n) is 3.39. The second-order valence-electron chi connectivity index (χ2n) is 8.00. The van der Waals surface area contributed by atoms with E-state index in [0.29, 0.717) is 18.3 Å². The number of anilines is 2. The molecule has 2 N–H and O–H groups in total. The molecule has 0 aromatic heterocycles. The zero-order valence-corrected chi connectivity index (χ0v) is 15.8. The third-order valence-electron chi connectivity index (χ3n) is 4.72. The Labute approximate surface area is 146 Å². The Hall–Kier alpha value is -1.71. The normalized spacial score (nSPS) is 15.6. The van der Waals surface area contributed by atoms with Crippen molar-refractivity contribution >= 4 is 17.3 Å². The second kappa shape index (κ2) is 7.45. The number of carbonyl (C=O) groups is 1. The van der Waals surface area contributed by atoms with Crippen LogP contribution in [0.5, 0.6) is 0 Å². The molecule has 1 aliphatic carbocycles. The summed E-state index contributed by atoms with van der Waals surface area (Å²) >= 11 is 0. The molecule has 0 aliphatic heterocycles. The lowest BCUT2D eigenvalue weighted by molar-refractivity contribution is -0.141. The van der Waals surface area contributed by atoms with Crippen molar-refractivity contribution in [3.05, 3.63) is 23.8 Å². The second-order valence-corrected chi connectivity index (χ2v) is 8.00. The zero-order chi connectivity index (χ0) is 17.9. The van der Waals surface area contributed by atoms with Crippen molar-refractivity contribution in [3.8, 4) is 0 Å². The van der Waals surface area contributed by atoms with Crippen molar-refractivity contribution in [1.29, 1.82) is 0 Å². The summed E-state index contributed by atoms with van der Waals surface area (Å²) in [5.74, 6) is 1.02. The number of hydrogen-bond donors (Lipinski definition) is 1. The SMILES string of the molecule is COC(=O)CC1(c2ccc(N(CC(C)C)CC(C)C)c(N)c2)CC1. The summed E-state index contributed by atoms with van der Waals surface area (Å²) in [5, 5.41) is 0. The molecular weight excluding hydrogens is 300 g/mol. The molecule has 134 valence electrons. The molecule has 0 spiro atoms. The number of rotatable bonds is 8. The van der Waals surface area contributed by atoms with E-state index >= 15 is 0 Å². The van der Waals surface area contributed by atoms with E-state index in [1.807, 2.05) is 0 Å². The Morgan fingerprint density at radius 3 is 2.21 bits per heavy atom. The molecule has 0 atom stereocenters. The Kier molecular flexibility index (Phi) is 5.79. The van der Waals surface area contributed by atoms with Gasteiger partial charge in [-0.25, -0.2) is 0 Å². The van der Waals surface area contributed by atoms with Crippen molar-refractivity contribution in [3.63, 3.8) is 0 Å². The van der Waals surface area contributed by atoms with E-state index in [4.69, 9.17) is 10.5 Å². The maximum Gasteiger partial charge on any atom is 0.306 e. The molecule has 1 saturated carbocycles. The monoisotopic (exact) mass is 332 g/mol. The van der Waals surface area contributed by atoms with Gasteiger partial charge in [-0.3, -0.25) is 4.79 Å². The van der Waals surface area contributed by atoms with Crippen molar-refractivity contribution in [2.75, 3.05) is 30.8 Å². The molecule has 2 rings (SSSR count). The first-order chi connectivity index (χ1) is 11.3. The van der Waals surface area contributed by atoms with E-state index in [1.54, 1.807) is 0 Å². The van der Waals surface area contributed by atoms with Gasteiger partial charge in [0.2, 0.25) is 0 Å². The van der Waals surface area contributed by atoms with Crippen LogP contribution in [0.3, 0.4) is 0 Å². The van der Waals surface area contributed by atoms with Gasteiger partial charge in [0.15, 0.2) is 0 Å². The van der Waals surface area contributed by atoms with Crippen LogP contribution in [0, 0.1) is 11.8 Å². The lowest BCUT2D eigenvalue weighted by Crippen LogP contribution is -2.32. The molecule has 1 aromatic rings. The van der Waals surface area contributed by atoms with Crippen molar-refractivity contribution < 1.29 is 9.53 Å². The highest BCUT2D eigenvalue weighted by Crippen LogP contribution is 2.52. The molecule has 0 bridgehead atoms. The molecule has 1 aromatic carbocycles. The smallest absolute Gasteiger partial charge is 0.306 e. The van der Waals surface area contributed by atoms with Gasteiger partial charge in [-0.1, -0.05) is 33.8 Å². The Bertz CT molecular complexity index is 567. The van der Waals surface area contributed by atoms with Crippen LogP contribution in [0.25, 0.3) is 0 Å². The maximum atomic E-state index is 11.7. The molecule has 24 heavy (non-hydrogen) atoms. The first-order valence-electron chi connectivity index (χ1n) is 8.99. The number of ether oxygens (including phenoxy) is 1. The van der Waals surface area contributed by atoms with Crippen molar-refractivity contribution in [2.45, 2.75) is 52.4 Å². The number of benzene rings is 1. The third kappa shape index (κ3) is 4.43. The van der Waals surface area contributed by atoms with Gasteiger partial charge >= 0.3 is 5.97 Å². The average molecular weight is 332 g/mol. The lowest BCUT2D eigenvalue weighted by Gasteiger charge is -2.30. The number of nitrogens with zero attached hydrogens (tertiary/aromatic N) is 1. The summed E-state index contributed by atoms with van der Waals surface area (Å²) in [4.78, 5) is 14.1. The topological polar surface area (TPSA) is 55.6 Å². The van der Waals surface area contributed by atoms with Crippen LogP contribution < -0.4 is 10.6 Å². The van der Waals surface area contributed by atoms with Gasteiger partial charge in [-0.2, -0.15) is 0 Å². The Morgan fingerprint density at radius 2 is 1.79 bits per heavy atom. The van der Waals surface area contributed by atoms with E-state index in [9.17, 15) is 4.79 Å². The quantitative estimate of drug-likeness (QED) is 0.578. The van der Waals surface area contributed by atoms with Gasteiger partial charge in [-0.05, 0) is 42.4 Å². The number of nitrogens with two attached hydrogens (primary N) is 1. The highest BCUT2D eigenvalue weighted by Gasteiger charge is 2.46. The summed E-state index contributed by atoms with van der Waals surface area (Å²) in [6.07, 6.45) is 2.51. The fourth-order valence-corrected chi connectivity index (χ4v) is 3.39. The molecule has 1 aliphatic rings. The van der Waals surface area contributed by atoms with Gasteiger partial charge in [0, 0.05) is 18.5 Å². The van der Waals surface area contributed by atoms with Crippen LogP contribution >= 0.6 is 0 Å². The number of esters is 1. The van der Waals surface area contributed by atoms with Gasteiger partial charge < -0.3 is 15.4 Å². The molecular formula is C20H32N2O2. The minimum atomic E-state index is -0.142. The predicted molar refractivity (Wildman–Crippen MR) is 100 cm³/mol. The van der Waals surface area contributed by atoms with Gasteiger partial charge in [0.1, 0.15) is 0 Å². The standard InChI is InChI=1S/C20H32N2O2/c1-14(2)12-22(13-15(3)4)18-7-6-16(10-17(18)21)20(8-9-20)11-19(23)24-5/h6-7,10,14-15H,8-9,11-13,21H2,1-5H3. The van der Waals surface area contributed by atoms with Crippen molar-refractivity contribution in [2.24, 2.45) is 11.8 Å². The molecule has 0 amide bonds. The summed E-state index contributed by atoms with van der Waals surface area (Å²) in [6.45, 7) is 10.9. The molecule has 1 fully saturated rings.